The lowest BCUT2D eigenvalue weighted by molar-refractivity contribution is -0.123. The van der Waals surface area contributed by atoms with Crippen molar-refractivity contribution in [3.05, 3.63) is 20.8 Å². The largest absolute Gasteiger partial charge is 0.350 e. The van der Waals surface area contributed by atoms with Crippen LogP contribution in [0.1, 0.15) is 18.7 Å². The van der Waals surface area contributed by atoms with Gasteiger partial charge in [-0.1, -0.05) is 13.8 Å². The molecule has 0 aromatic carbocycles. The number of amides is 1. The first kappa shape index (κ1) is 12.7. The minimum atomic E-state index is -0.423. The summed E-state index contributed by atoms with van der Waals surface area (Å²) in [4.78, 5) is 12.6. The monoisotopic (exact) mass is 290 g/mol. The minimum Gasteiger partial charge on any atom is -0.350 e. The zero-order chi connectivity index (χ0) is 11.4. The molecule has 1 rings (SSSR count). The van der Waals surface area contributed by atoms with Gasteiger partial charge in [0, 0.05) is 4.88 Å². The Labute approximate surface area is 102 Å². The fourth-order valence-corrected chi connectivity index (χ4v) is 2.46. The third-order valence-electron chi connectivity index (χ3n) is 2.09. The minimum absolute atomic E-state index is 0.0884. The molecule has 15 heavy (non-hydrogen) atoms. The van der Waals surface area contributed by atoms with Crippen molar-refractivity contribution in [3.8, 4) is 0 Å². The molecule has 1 heterocycles. The van der Waals surface area contributed by atoms with Gasteiger partial charge in [-0.05, 0) is 34.0 Å². The zero-order valence-electron chi connectivity index (χ0n) is 8.79. The molecule has 0 aliphatic carbocycles. The Kier molecular flexibility index (Phi) is 4.76. The quantitative estimate of drug-likeness (QED) is 0.892. The number of nitrogens with two attached hydrogens (primary N) is 1. The molecule has 0 spiro atoms. The second kappa shape index (κ2) is 5.63. The Morgan fingerprint density at radius 1 is 1.60 bits per heavy atom. The molecule has 0 bridgehead atoms. The van der Waals surface area contributed by atoms with Crippen LogP contribution in [0.5, 0.6) is 0 Å². The van der Waals surface area contributed by atoms with Crippen molar-refractivity contribution in [3.63, 3.8) is 0 Å². The molecule has 1 aromatic rings. The highest BCUT2D eigenvalue weighted by molar-refractivity contribution is 9.11. The highest BCUT2D eigenvalue weighted by atomic mass is 79.9. The number of rotatable bonds is 4. The van der Waals surface area contributed by atoms with E-state index in [0.717, 1.165) is 8.66 Å². The van der Waals surface area contributed by atoms with Gasteiger partial charge in [-0.3, -0.25) is 4.79 Å². The van der Waals surface area contributed by atoms with Crippen LogP contribution in [0, 0.1) is 5.92 Å². The molecule has 0 aliphatic heterocycles. The van der Waals surface area contributed by atoms with Gasteiger partial charge >= 0.3 is 0 Å². The van der Waals surface area contributed by atoms with Gasteiger partial charge in [-0.15, -0.1) is 11.3 Å². The van der Waals surface area contributed by atoms with Crippen LogP contribution in [-0.2, 0) is 11.3 Å². The van der Waals surface area contributed by atoms with Crippen molar-refractivity contribution in [2.75, 3.05) is 0 Å². The first-order chi connectivity index (χ1) is 7.00. The van der Waals surface area contributed by atoms with Crippen molar-refractivity contribution in [2.45, 2.75) is 26.4 Å². The molecule has 0 saturated heterocycles. The molecular weight excluding hydrogens is 276 g/mol. The number of thiophene rings is 1. The lowest BCUT2D eigenvalue weighted by Gasteiger charge is -2.14. The topological polar surface area (TPSA) is 55.1 Å². The number of nitrogens with one attached hydrogen (secondary N) is 1. The Morgan fingerprint density at radius 3 is 2.73 bits per heavy atom. The number of hydrogen-bond donors (Lipinski definition) is 2. The van der Waals surface area contributed by atoms with E-state index in [9.17, 15) is 4.79 Å². The molecule has 5 heteroatoms. The number of carbonyl (C=O) groups is 1. The summed E-state index contributed by atoms with van der Waals surface area (Å²) in [5, 5.41) is 2.82. The molecule has 0 fully saturated rings. The normalized spacial score (nSPS) is 12.9. The maximum absolute atomic E-state index is 11.5. The SMILES string of the molecule is CC(C)C(N)C(=O)NCc1ccc(Br)s1. The molecule has 1 atom stereocenters. The molecule has 1 aromatic heterocycles. The number of halogens is 1. The van der Waals surface area contributed by atoms with Gasteiger partial charge in [-0.25, -0.2) is 0 Å². The highest BCUT2D eigenvalue weighted by Crippen LogP contribution is 2.21. The smallest absolute Gasteiger partial charge is 0.237 e. The van der Waals surface area contributed by atoms with Crippen LogP contribution in [0.2, 0.25) is 0 Å². The Morgan fingerprint density at radius 2 is 2.27 bits per heavy atom. The van der Waals surface area contributed by atoms with E-state index >= 15 is 0 Å². The van der Waals surface area contributed by atoms with Gasteiger partial charge in [0.1, 0.15) is 0 Å². The summed E-state index contributed by atoms with van der Waals surface area (Å²) in [5.41, 5.74) is 5.71. The van der Waals surface area contributed by atoms with Crippen LogP contribution < -0.4 is 11.1 Å². The highest BCUT2D eigenvalue weighted by Gasteiger charge is 2.16. The Hall–Kier alpha value is -0.390. The maximum Gasteiger partial charge on any atom is 0.237 e. The van der Waals surface area contributed by atoms with Gasteiger partial charge in [0.2, 0.25) is 5.91 Å². The third-order valence-corrected chi connectivity index (χ3v) is 3.71. The first-order valence-electron chi connectivity index (χ1n) is 4.78. The van der Waals surface area contributed by atoms with E-state index < -0.39 is 6.04 Å². The van der Waals surface area contributed by atoms with E-state index in [1.165, 1.54) is 0 Å². The molecule has 3 nitrogen and oxygen atoms in total. The first-order valence-corrected chi connectivity index (χ1v) is 6.39. The molecule has 0 radical (unpaired) electrons. The van der Waals surface area contributed by atoms with Gasteiger partial charge < -0.3 is 11.1 Å². The Balaban J connectivity index is 2.40. The van der Waals surface area contributed by atoms with Crippen molar-refractivity contribution in [1.82, 2.24) is 5.32 Å². The van der Waals surface area contributed by atoms with Crippen molar-refractivity contribution in [1.29, 1.82) is 0 Å². The van der Waals surface area contributed by atoms with E-state index in [-0.39, 0.29) is 11.8 Å². The zero-order valence-corrected chi connectivity index (χ0v) is 11.2. The van der Waals surface area contributed by atoms with Crippen molar-refractivity contribution in [2.24, 2.45) is 11.7 Å². The molecule has 1 unspecified atom stereocenters. The standard InChI is InChI=1S/C10H15BrN2OS/c1-6(2)9(12)10(14)13-5-7-3-4-8(11)15-7/h3-4,6,9H,5,12H2,1-2H3,(H,13,14). The fraction of sp³-hybridized carbons (Fsp3) is 0.500. The van der Waals surface area contributed by atoms with Gasteiger partial charge in [0.15, 0.2) is 0 Å². The predicted molar refractivity (Wildman–Crippen MR) is 66.7 cm³/mol. The summed E-state index contributed by atoms with van der Waals surface area (Å²) in [7, 11) is 0. The van der Waals surface area contributed by atoms with Crippen LogP contribution in [0.4, 0.5) is 0 Å². The lowest BCUT2D eigenvalue weighted by atomic mass is 10.1. The summed E-state index contributed by atoms with van der Waals surface area (Å²) in [6.07, 6.45) is 0. The molecule has 0 saturated carbocycles. The molecule has 0 aliphatic rings. The molecule has 3 N–H and O–H groups in total. The summed E-state index contributed by atoms with van der Waals surface area (Å²) in [6.45, 7) is 4.42. The van der Waals surface area contributed by atoms with Crippen LogP contribution in [0.3, 0.4) is 0 Å². The van der Waals surface area contributed by atoms with Gasteiger partial charge in [-0.2, -0.15) is 0 Å². The summed E-state index contributed by atoms with van der Waals surface area (Å²) >= 11 is 4.98. The second-order valence-electron chi connectivity index (χ2n) is 3.69. The van der Waals surface area contributed by atoms with Gasteiger partial charge in [0.25, 0.3) is 0 Å². The molecular formula is C10H15BrN2OS. The third kappa shape index (κ3) is 3.93. The van der Waals surface area contributed by atoms with Crippen LogP contribution in [0.25, 0.3) is 0 Å². The summed E-state index contributed by atoms with van der Waals surface area (Å²) in [6, 6.07) is 3.53. The average Bonchev–Trinajstić information content (AvgIpc) is 2.59. The predicted octanol–water partition coefficient (Wildman–Crippen LogP) is 2.11. The fourth-order valence-electron chi connectivity index (χ4n) is 1.04. The number of carbonyl (C=O) groups excluding carboxylic acids is 1. The van der Waals surface area contributed by atoms with E-state index in [0.29, 0.717) is 6.54 Å². The van der Waals surface area contributed by atoms with E-state index in [1.54, 1.807) is 11.3 Å². The van der Waals surface area contributed by atoms with E-state index in [1.807, 2.05) is 26.0 Å². The van der Waals surface area contributed by atoms with E-state index in [4.69, 9.17) is 5.73 Å². The van der Waals surface area contributed by atoms with Gasteiger partial charge in [0.05, 0.1) is 16.4 Å². The summed E-state index contributed by atoms with van der Waals surface area (Å²) < 4.78 is 1.07. The second-order valence-corrected chi connectivity index (χ2v) is 6.24. The Bertz CT molecular complexity index is 338. The molecule has 84 valence electrons. The molecule has 1 amide bonds. The maximum atomic E-state index is 11.5. The van der Waals surface area contributed by atoms with Crippen molar-refractivity contribution < 1.29 is 4.79 Å². The number of hydrogen-bond acceptors (Lipinski definition) is 3. The summed E-state index contributed by atoms with van der Waals surface area (Å²) in [5.74, 6) is 0.0783. The van der Waals surface area contributed by atoms with E-state index in [2.05, 4.69) is 21.2 Å². The van der Waals surface area contributed by atoms with Crippen LogP contribution in [0.15, 0.2) is 15.9 Å². The lowest BCUT2D eigenvalue weighted by Crippen LogP contribution is -2.43. The van der Waals surface area contributed by atoms with Crippen molar-refractivity contribution >= 4 is 33.2 Å². The van der Waals surface area contributed by atoms with Crippen LogP contribution >= 0.6 is 27.3 Å². The van der Waals surface area contributed by atoms with Crippen LogP contribution in [-0.4, -0.2) is 11.9 Å². The average molecular weight is 291 g/mol.